The molecule has 24 heavy (non-hydrogen) atoms. The number of H-pyrrole nitrogens is 1. The van der Waals surface area contributed by atoms with Crippen molar-refractivity contribution >= 4 is 17.8 Å². The highest BCUT2D eigenvalue weighted by Crippen LogP contribution is 2.28. The number of amides is 2. The predicted octanol–water partition coefficient (Wildman–Crippen LogP) is 1.05. The fourth-order valence-electron chi connectivity index (χ4n) is 1.84. The van der Waals surface area contributed by atoms with Gasteiger partial charge in [0.05, 0.1) is 7.11 Å². The highest BCUT2D eigenvalue weighted by atomic mass is 16.5. The fourth-order valence-corrected chi connectivity index (χ4v) is 1.84. The van der Waals surface area contributed by atoms with Crippen molar-refractivity contribution in [1.82, 2.24) is 15.2 Å². The molecule has 0 saturated heterocycles. The molecule has 0 radical (unpaired) electrons. The van der Waals surface area contributed by atoms with Crippen LogP contribution in [0.3, 0.4) is 0 Å². The minimum Gasteiger partial charge on any atom is -0.493 e. The average Bonchev–Trinajstić information content (AvgIpc) is 3.01. The van der Waals surface area contributed by atoms with Crippen LogP contribution in [0.25, 0.3) is 0 Å². The molecular formula is C15H19N5O4. The number of aromatic nitrogens is 3. The van der Waals surface area contributed by atoms with Crippen LogP contribution in [0.15, 0.2) is 18.2 Å². The first-order valence-electron chi connectivity index (χ1n) is 7.23. The van der Waals surface area contributed by atoms with E-state index in [1.807, 2.05) is 13.8 Å². The Balaban J connectivity index is 2.12. The minimum absolute atomic E-state index is 0.171. The third-order valence-electron chi connectivity index (χ3n) is 3.07. The molecule has 0 aliphatic rings. The van der Waals surface area contributed by atoms with E-state index in [2.05, 4.69) is 20.5 Å². The molecule has 9 heteroatoms. The Morgan fingerprint density at radius 2 is 2.08 bits per heavy atom. The van der Waals surface area contributed by atoms with Gasteiger partial charge in [0.2, 0.25) is 5.95 Å². The molecule has 0 atom stereocenters. The third-order valence-corrected chi connectivity index (χ3v) is 3.07. The van der Waals surface area contributed by atoms with Gasteiger partial charge >= 0.3 is 0 Å². The third kappa shape index (κ3) is 4.22. The summed E-state index contributed by atoms with van der Waals surface area (Å²) in [4.78, 5) is 27.2. The number of nitrogens with one attached hydrogen (secondary N) is 2. The van der Waals surface area contributed by atoms with Crippen molar-refractivity contribution in [3.05, 3.63) is 29.6 Å². The number of hydrogen-bond donors (Lipinski definition) is 3. The Labute approximate surface area is 138 Å². The Hall–Kier alpha value is -3.10. The van der Waals surface area contributed by atoms with Gasteiger partial charge in [0.25, 0.3) is 11.8 Å². The standard InChI is InChI=1S/C15H19N5O4/c1-8(2)13-17-15(20-19-13)18-14(22)9-4-5-10(11(6-9)23-3)24-7-12(16)21/h4-6,8H,7H2,1-3H3,(H2,16,21)(H2,17,18,19,20,22). The smallest absolute Gasteiger partial charge is 0.258 e. The number of anilines is 1. The van der Waals surface area contributed by atoms with Crippen molar-refractivity contribution in [3.63, 3.8) is 0 Å². The molecule has 0 saturated carbocycles. The number of aromatic amines is 1. The lowest BCUT2D eigenvalue weighted by atomic mass is 10.2. The molecule has 0 fully saturated rings. The number of methoxy groups -OCH3 is 1. The molecule has 1 aromatic heterocycles. The Kier molecular flexibility index (Phi) is 5.35. The number of nitrogens with zero attached hydrogens (tertiary/aromatic N) is 2. The van der Waals surface area contributed by atoms with Gasteiger partial charge in [-0.2, -0.15) is 4.98 Å². The first-order chi connectivity index (χ1) is 11.4. The first kappa shape index (κ1) is 17.3. The lowest BCUT2D eigenvalue weighted by molar-refractivity contribution is -0.119. The molecule has 1 aromatic carbocycles. The molecule has 2 rings (SSSR count). The maximum absolute atomic E-state index is 12.3. The van der Waals surface area contributed by atoms with Gasteiger partial charge in [0.15, 0.2) is 18.1 Å². The molecule has 4 N–H and O–H groups in total. The second kappa shape index (κ2) is 7.44. The highest BCUT2D eigenvalue weighted by molar-refractivity contribution is 6.03. The van der Waals surface area contributed by atoms with E-state index in [1.54, 1.807) is 0 Å². The van der Waals surface area contributed by atoms with Gasteiger partial charge in [-0.25, -0.2) is 0 Å². The second-order valence-electron chi connectivity index (χ2n) is 5.27. The zero-order valence-corrected chi connectivity index (χ0v) is 13.6. The van der Waals surface area contributed by atoms with Crippen LogP contribution >= 0.6 is 0 Å². The molecule has 0 aliphatic heterocycles. The monoisotopic (exact) mass is 333 g/mol. The normalized spacial score (nSPS) is 10.5. The van der Waals surface area contributed by atoms with Crippen molar-refractivity contribution < 1.29 is 19.1 Å². The summed E-state index contributed by atoms with van der Waals surface area (Å²) in [5.41, 5.74) is 5.36. The molecule has 2 aromatic rings. The maximum Gasteiger partial charge on any atom is 0.258 e. The minimum atomic E-state index is -0.607. The summed E-state index contributed by atoms with van der Waals surface area (Å²) in [6.45, 7) is 3.64. The van der Waals surface area contributed by atoms with E-state index in [-0.39, 0.29) is 18.5 Å². The number of carbonyl (C=O) groups excluding carboxylic acids is 2. The average molecular weight is 333 g/mol. The summed E-state index contributed by atoms with van der Waals surface area (Å²) in [7, 11) is 1.43. The van der Waals surface area contributed by atoms with E-state index in [9.17, 15) is 9.59 Å². The molecular weight excluding hydrogens is 314 g/mol. The van der Waals surface area contributed by atoms with Crippen LogP contribution < -0.4 is 20.5 Å². The van der Waals surface area contributed by atoms with E-state index in [1.165, 1.54) is 25.3 Å². The molecule has 0 unspecified atom stereocenters. The van der Waals surface area contributed by atoms with E-state index < -0.39 is 11.8 Å². The number of benzene rings is 1. The van der Waals surface area contributed by atoms with Gasteiger partial charge in [0, 0.05) is 11.5 Å². The molecule has 0 aliphatic carbocycles. The molecule has 128 valence electrons. The zero-order chi connectivity index (χ0) is 17.7. The van der Waals surface area contributed by atoms with Gasteiger partial charge in [-0.3, -0.25) is 20.0 Å². The summed E-state index contributed by atoms with van der Waals surface area (Å²) in [5, 5.41) is 9.28. The molecule has 0 bridgehead atoms. The molecule has 1 heterocycles. The number of hydrogen-bond acceptors (Lipinski definition) is 6. The number of nitrogens with two attached hydrogens (primary N) is 1. The summed E-state index contributed by atoms with van der Waals surface area (Å²) >= 11 is 0. The summed E-state index contributed by atoms with van der Waals surface area (Å²) in [5.74, 6) is 0.655. The van der Waals surface area contributed by atoms with E-state index in [0.717, 1.165) is 0 Å². The molecule has 9 nitrogen and oxygen atoms in total. The van der Waals surface area contributed by atoms with Crippen molar-refractivity contribution in [1.29, 1.82) is 0 Å². The zero-order valence-electron chi connectivity index (χ0n) is 13.6. The summed E-state index contributed by atoms with van der Waals surface area (Å²) < 4.78 is 10.4. The Morgan fingerprint density at radius 1 is 1.33 bits per heavy atom. The predicted molar refractivity (Wildman–Crippen MR) is 86.1 cm³/mol. The maximum atomic E-state index is 12.3. The van der Waals surface area contributed by atoms with Crippen LogP contribution in [0.2, 0.25) is 0 Å². The van der Waals surface area contributed by atoms with Gasteiger partial charge in [-0.15, -0.1) is 5.10 Å². The van der Waals surface area contributed by atoms with Crippen molar-refractivity contribution in [3.8, 4) is 11.5 Å². The Bertz CT molecular complexity index is 741. The highest BCUT2D eigenvalue weighted by Gasteiger charge is 2.14. The Morgan fingerprint density at radius 3 is 2.67 bits per heavy atom. The van der Waals surface area contributed by atoms with Crippen LogP contribution in [-0.4, -0.2) is 40.7 Å². The summed E-state index contributed by atoms with van der Waals surface area (Å²) in [6, 6.07) is 4.54. The number of primary amides is 1. The number of rotatable bonds is 7. The van der Waals surface area contributed by atoms with Crippen molar-refractivity contribution in [2.45, 2.75) is 19.8 Å². The van der Waals surface area contributed by atoms with Crippen molar-refractivity contribution in [2.24, 2.45) is 5.73 Å². The summed E-state index contributed by atoms with van der Waals surface area (Å²) in [6.07, 6.45) is 0. The van der Waals surface area contributed by atoms with Gasteiger partial charge in [0.1, 0.15) is 5.82 Å². The first-order valence-corrected chi connectivity index (χ1v) is 7.23. The van der Waals surface area contributed by atoms with Crippen LogP contribution in [0.1, 0.15) is 35.9 Å². The number of carbonyl (C=O) groups is 2. The van der Waals surface area contributed by atoms with Crippen LogP contribution in [0, 0.1) is 0 Å². The van der Waals surface area contributed by atoms with E-state index >= 15 is 0 Å². The quantitative estimate of drug-likeness (QED) is 0.694. The van der Waals surface area contributed by atoms with Gasteiger partial charge < -0.3 is 15.2 Å². The van der Waals surface area contributed by atoms with Crippen molar-refractivity contribution in [2.75, 3.05) is 19.0 Å². The SMILES string of the molecule is COc1cc(C(=O)Nc2n[nH]c(C(C)C)n2)ccc1OCC(N)=O. The van der Waals surface area contributed by atoms with Gasteiger partial charge in [-0.1, -0.05) is 13.8 Å². The molecule has 0 spiro atoms. The van der Waals surface area contributed by atoms with Crippen LogP contribution in [0.4, 0.5) is 5.95 Å². The van der Waals surface area contributed by atoms with Crippen LogP contribution in [0.5, 0.6) is 11.5 Å². The molecule has 2 amide bonds. The fraction of sp³-hybridized carbons (Fsp3) is 0.333. The second-order valence-corrected chi connectivity index (χ2v) is 5.27. The topological polar surface area (TPSA) is 132 Å². The lowest BCUT2D eigenvalue weighted by Crippen LogP contribution is -2.20. The largest absolute Gasteiger partial charge is 0.493 e. The van der Waals surface area contributed by atoms with Gasteiger partial charge in [-0.05, 0) is 18.2 Å². The van der Waals surface area contributed by atoms with E-state index in [0.29, 0.717) is 22.9 Å². The lowest BCUT2D eigenvalue weighted by Gasteiger charge is -2.10. The number of ether oxygens (including phenoxy) is 2. The van der Waals surface area contributed by atoms with Crippen LogP contribution in [-0.2, 0) is 4.79 Å². The van der Waals surface area contributed by atoms with E-state index in [4.69, 9.17) is 15.2 Å².